The van der Waals surface area contributed by atoms with Crippen molar-refractivity contribution in [3.05, 3.63) is 53.1 Å². The Morgan fingerprint density at radius 2 is 2.11 bits per heavy atom. The Morgan fingerprint density at radius 1 is 1.26 bits per heavy atom. The molecule has 1 aliphatic heterocycles. The van der Waals surface area contributed by atoms with Crippen LogP contribution in [0.4, 0.5) is 5.69 Å². The Balaban J connectivity index is 1.91. The summed E-state index contributed by atoms with van der Waals surface area (Å²) in [5.74, 6) is 1.54. The van der Waals surface area contributed by atoms with E-state index < -0.39 is 0 Å². The number of anilines is 1. The molecule has 0 saturated carbocycles. The van der Waals surface area contributed by atoms with E-state index in [0.29, 0.717) is 17.3 Å². The van der Waals surface area contributed by atoms with Crippen molar-refractivity contribution < 1.29 is 9.47 Å². The molecule has 19 heavy (non-hydrogen) atoms. The first kappa shape index (κ1) is 12.2. The molecule has 0 amide bonds. The SMILES string of the molecule is COc1cccc(C2CNc3cccc(Cl)c3O2)c1. The minimum atomic E-state index is -0.0671. The first-order valence-electron chi connectivity index (χ1n) is 6.11. The van der Waals surface area contributed by atoms with Gasteiger partial charge in [0.05, 0.1) is 24.4 Å². The molecule has 1 unspecified atom stereocenters. The molecule has 3 nitrogen and oxygen atoms in total. The summed E-state index contributed by atoms with van der Waals surface area (Å²) in [5, 5.41) is 3.96. The Bertz CT molecular complexity index is 600. The fraction of sp³-hybridized carbons (Fsp3) is 0.200. The van der Waals surface area contributed by atoms with Crippen LogP contribution in [0.1, 0.15) is 11.7 Å². The molecule has 0 saturated heterocycles. The van der Waals surface area contributed by atoms with Crippen molar-refractivity contribution in [2.45, 2.75) is 6.10 Å². The molecule has 0 spiro atoms. The fourth-order valence-electron chi connectivity index (χ4n) is 2.18. The summed E-state index contributed by atoms with van der Waals surface area (Å²) in [6, 6.07) is 13.6. The average Bonchev–Trinajstić information content (AvgIpc) is 2.47. The van der Waals surface area contributed by atoms with E-state index in [1.807, 2.05) is 42.5 Å². The van der Waals surface area contributed by atoms with Crippen LogP contribution in [-0.4, -0.2) is 13.7 Å². The third kappa shape index (κ3) is 2.34. The largest absolute Gasteiger partial charge is 0.497 e. The van der Waals surface area contributed by atoms with Crippen LogP contribution in [0.3, 0.4) is 0 Å². The predicted octanol–water partition coefficient (Wildman–Crippen LogP) is 3.89. The Hall–Kier alpha value is -1.87. The molecule has 98 valence electrons. The first-order valence-corrected chi connectivity index (χ1v) is 6.49. The molecule has 0 radical (unpaired) electrons. The van der Waals surface area contributed by atoms with Crippen LogP contribution in [0.2, 0.25) is 5.02 Å². The number of benzene rings is 2. The van der Waals surface area contributed by atoms with E-state index in [-0.39, 0.29) is 6.10 Å². The minimum Gasteiger partial charge on any atom is -0.497 e. The maximum Gasteiger partial charge on any atom is 0.161 e. The third-order valence-corrected chi connectivity index (χ3v) is 3.47. The second kappa shape index (κ2) is 5.02. The lowest BCUT2D eigenvalue weighted by Gasteiger charge is -2.28. The number of nitrogens with one attached hydrogen (secondary N) is 1. The molecule has 1 atom stereocenters. The van der Waals surface area contributed by atoms with Gasteiger partial charge in [-0.2, -0.15) is 0 Å². The minimum absolute atomic E-state index is 0.0671. The van der Waals surface area contributed by atoms with Crippen molar-refractivity contribution in [1.29, 1.82) is 0 Å². The first-order chi connectivity index (χ1) is 9.28. The monoisotopic (exact) mass is 275 g/mol. The Morgan fingerprint density at radius 3 is 2.95 bits per heavy atom. The van der Waals surface area contributed by atoms with Gasteiger partial charge in [0.15, 0.2) is 5.75 Å². The molecular weight excluding hydrogens is 262 g/mol. The number of rotatable bonds is 2. The van der Waals surface area contributed by atoms with Crippen LogP contribution >= 0.6 is 11.6 Å². The van der Waals surface area contributed by atoms with E-state index in [4.69, 9.17) is 21.1 Å². The van der Waals surface area contributed by atoms with Crippen LogP contribution in [0.25, 0.3) is 0 Å². The van der Waals surface area contributed by atoms with Crippen molar-refractivity contribution in [2.24, 2.45) is 0 Å². The molecule has 0 fully saturated rings. The highest BCUT2D eigenvalue weighted by molar-refractivity contribution is 6.32. The normalized spacial score (nSPS) is 17.1. The Kier molecular flexibility index (Phi) is 3.22. The zero-order valence-electron chi connectivity index (χ0n) is 10.5. The van der Waals surface area contributed by atoms with Crippen LogP contribution in [0.15, 0.2) is 42.5 Å². The van der Waals surface area contributed by atoms with Crippen LogP contribution in [0, 0.1) is 0 Å². The molecule has 1 heterocycles. The van der Waals surface area contributed by atoms with E-state index in [9.17, 15) is 0 Å². The summed E-state index contributed by atoms with van der Waals surface area (Å²) < 4.78 is 11.2. The second-order valence-electron chi connectivity index (χ2n) is 4.38. The molecule has 1 N–H and O–H groups in total. The van der Waals surface area contributed by atoms with Crippen molar-refractivity contribution in [1.82, 2.24) is 0 Å². The van der Waals surface area contributed by atoms with Crippen molar-refractivity contribution in [3.63, 3.8) is 0 Å². The third-order valence-electron chi connectivity index (χ3n) is 3.17. The molecule has 0 bridgehead atoms. The lowest BCUT2D eigenvalue weighted by molar-refractivity contribution is 0.210. The maximum absolute atomic E-state index is 6.16. The zero-order valence-corrected chi connectivity index (χ0v) is 11.3. The van der Waals surface area contributed by atoms with Crippen LogP contribution in [-0.2, 0) is 0 Å². The van der Waals surface area contributed by atoms with Gasteiger partial charge in [-0.05, 0) is 29.8 Å². The van der Waals surface area contributed by atoms with E-state index in [0.717, 1.165) is 17.0 Å². The van der Waals surface area contributed by atoms with Gasteiger partial charge in [-0.25, -0.2) is 0 Å². The smallest absolute Gasteiger partial charge is 0.161 e. The van der Waals surface area contributed by atoms with Gasteiger partial charge in [-0.3, -0.25) is 0 Å². The summed E-state index contributed by atoms with van der Waals surface area (Å²) in [6.45, 7) is 0.709. The van der Waals surface area contributed by atoms with Gasteiger partial charge in [-0.1, -0.05) is 29.8 Å². The van der Waals surface area contributed by atoms with Gasteiger partial charge in [0.2, 0.25) is 0 Å². The highest BCUT2D eigenvalue weighted by Crippen LogP contribution is 2.39. The average molecular weight is 276 g/mol. The summed E-state index contributed by atoms with van der Waals surface area (Å²) in [4.78, 5) is 0. The number of halogens is 1. The molecule has 4 heteroatoms. The van der Waals surface area contributed by atoms with Crippen molar-refractivity contribution in [2.75, 3.05) is 19.0 Å². The van der Waals surface area contributed by atoms with Gasteiger partial charge in [0, 0.05) is 0 Å². The predicted molar refractivity (Wildman–Crippen MR) is 76.3 cm³/mol. The Labute approximate surface area is 117 Å². The molecule has 1 aliphatic rings. The van der Waals surface area contributed by atoms with Gasteiger partial charge in [0.25, 0.3) is 0 Å². The van der Waals surface area contributed by atoms with E-state index in [2.05, 4.69) is 5.32 Å². The van der Waals surface area contributed by atoms with E-state index >= 15 is 0 Å². The summed E-state index contributed by atoms with van der Waals surface area (Å²) in [6.07, 6.45) is -0.0671. The lowest BCUT2D eigenvalue weighted by atomic mass is 10.1. The van der Waals surface area contributed by atoms with Gasteiger partial charge in [0.1, 0.15) is 11.9 Å². The number of methoxy groups -OCH3 is 1. The number of hydrogen-bond donors (Lipinski definition) is 1. The number of para-hydroxylation sites is 1. The van der Waals surface area contributed by atoms with Gasteiger partial charge < -0.3 is 14.8 Å². The van der Waals surface area contributed by atoms with E-state index in [1.54, 1.807) is 7.11 Å². The molecule has 3 rings (SSSR count). The summed E-state index contributed by atoms with van der Waals surface area (Å²) >= 11 is 6.16. The lowest BCUT2D eigenvalue weighted by Crippen LogP contribution is -2.23. The second-order valence-corrected chi connectivity index (χ2v) is 4.79. The standard InChI is InChI=1S/C15H14ClNO2/c1-18-11-5-2-4-10(8-11)14-9-17-13-7-3-6-12(16)15(13)19-14/h2-8,14,17H,9H2,1H3. The van der Waals surface area contributed by atoms with Crippen molar-refractivity contribution >= 4 is 17.3 Å². The highest BCUT2D eigenvalue weighted by Gasteiger charge is 2.22. The van der Waals surface area contributed by atoms with Crippen LogP contribution in [0.5, 0.6) is 11.5 Å². The summed E-state index contributed by atoms with van der Waals surface area (Å²) in [7, 11) is 1.66. The van der Waals surface area contributed by atoms with Gasteiger partial charge in [-0.15, -0.1) is 0 Å². The zero-order chi connectivity index (χ0) is 13.2. The molecule has 2 aromatic carbocycles. The molecule has 0 aliphatic carbocycles. The van der Waals surface area contributed by atoms with Crippen molar-refractivity contribution in [3.8, 4) is 11.5 Å². The molecular formula is C15H14ClNO2. The summed E-state index contributed by atoms with van der Waals surface area (Å²) in [5.41, 5.74) is 2.00. The molecule has 0 aromatic heterocycles. The molecule has 2 aromatic rings. The topological polar surface area (TPSA) is 30.5 Å². The highest BCUT2D eigenvalue weighted by atomic mass is 35.5. The van der Waals surface area contributed by atoms with Gasteiger partial charge >= 0.3 is 0 Å². The fourth-order valence-corrected chi connectivity index (χ4v) is 2.40. The number of ether oxygens (including phenoxy) is 2. The number of hydrogen-bond acceptors (Lipinski definition) is 3. The quantitative estimate of drug-likeness (QED) is 0.902. The number of fused-ring (bicyclic) bond motifs is 1. The van der Waals surface area contributed by atoms with E-state index in [1.165, 1.54) is 0 Å². The van der Waals surface area contributed by atoms with Crippen LogP contribution < -0.4 is 14.8 Å². The maximum atomic E-state index is 6.16.